The van der Waals surface area contributed by atoms with Crippen molar-refractivity contribution in [3.05, 3.63) is 229 Å². The van der Waals surface area contributed by atoms with E-state index in [1.165, 1.54) is 21.5 Å². The summed E-state index contributed by atoms with van der Waals surface area (Å²) in [7, 11) is 8.44. The standard InChI is InChI=1S/C60H46N4/c1-61(2)57-41-45(31-25-43-27-33-51(34-28-43)63(47-17-9-5-10-18-47)48-19-11-6-12-20-48)53-37-38-54-46(42-58(62(3)4)56-40-39-55(57)59(53)60(54)56)32-26-44-29-35-52(36-30-44)64(49-21-13-7-14-22-49)50-23-15-8-16-24-50/h5-24,27-30,33-42H,1-4H3. The first-order valence-electron chi connectivity index (χ1n) is 21.6. The van der Waals surface area contributed by atoms with Gasteiger partial charge in [-0.1, -0.05) is 121 Å². The first-order chi connectivity index (χ1) is 31.4. The minimum absolute atomic E-state index is 0.954. The molecule has 4 heteroatoms. The fraction of sp³-hybridized carbons (Fsp3) is 0.0667. The molecular formula is C60H46N4. The maximum Gasteiger partial charge on any atom is 0.0462 e. The third-order valence-electron chi connectivity index (χ3n) is 11.8. The molecule has 0 radical (unpaired) electrons. The Morgan fingerprint density at radius 3 is 0.859 bits per heavy atom. The lowest BCUT2D eigenvalue weighted by atomic mass is 9.88. The van der Waals surface area contributed by atoms with E-state index in [1.54, 1.807) is 0 Å². The molecule has 0 aliphatic heterocycles. The van der Waals surface area contributed by atoms with Gasteiger partial charge in [0.1, 0.15) is 0 Å². The molecule has 64 heavy (non-hydrogen) atoms. The van der Waals surface area contributed by atoms with Crippen molar-refractivity contribution in [2.75, 3.05) is 47.8 Å². The smallest absolute Gasteiger partial charge is 0.0462 e. The summed E-state index contributed by atoms with van der Waals surface area (Å²) in [4.78, 5) is 8.93. The molecule has 0 aliphatic carbocycles. The van der Waals surface area contributed by atoms with Crippen LogP contribution in [0.5, 0.6) is 0 Å². The summed E-state index contributed by atoms with van der Waals surface area (Å²) >= 11 is 0. The molecule has 0 fully saturated rings. The van der Waals surface area contributed by atoms with Gasteiger partial charge in [0.15, 0.2) is 0 Å². The molecule has 0 saturated carbocycles. The minimum Gasteiger partial charge on any atom is -0.377 e. The molecule has 0 N–H and O–H groups in total. The van der Waals surface area contributed by atoms with Crippen LogP contribution in [-0.2, 0) is 0 Å². The summed E-state index contributed by atoms with van der Waals surface area (Å²) in [5, 5.41) is 7.08. The Kier molecular flexibility index (Phi) is 10.6. The van der Waals surface area contributed by atoms with Crippen LogP contribution >= 0.6 is 0 Å². The minimum atomic E-state index is 0.954. The zero-order valence-electron chi connectivity index (χ0n) is 36.4. The first-order valence-corrected chi connectivity index (χ1v) is 21.6. The van der Waals surface area contributed by atoms with Gasteiger partial charge < -0.3 is 19.6 Å². The molecule has 10 rings (SSSR count). The average Bonchev–Trinajstić information content (AvgIpc) is 3.34. The van der Waals surface area contributed by atoms with Gasteiger partial charge in [0.25, 0.3) is 0 Å². The van der Waals surface area contributed by atoms with Crippen LogP contribution in [0.25, 0.3) is 32.3 Å². The van der Waals surface area contributed by atoms with Gasteiger partial charge in [-0.05, 0) is 120 Å². The third-order valence-corrected chi connectivity index (χ3v) is 11.8. The molecular weight excluding hydrogens is 777 g/mol. The fourth-order valence-electron chi connectivity index (χ4n) is 8.77. The van der Waals surface area contributed by atoms with Crippen LogP contribution in [0.2, 0.25) is 0 Å². The molecule has 0 aliphatic rings. The zero-order chi connectivity index (χ0) is 43.6. The van der Waals surface area contributed by atoms with E-state index in [4.69, 9.17) is 0 Å². The summed E-state index contributed by atoms with van der Waals surface area (Å²) in [5.74, 6) is 14.3. The largest absolute Gasteiger partial charge is 0.377 e. The topological polar surface area (TPSA) is 13.0 Å². The summed E-state index contributed by atoms with van der Waals surface area (Å²) < 4.78 is 0. The number of anilines is 8. The molecule has 0 bridgehead atoms. The highest BCUT2D eigenvalue weighted by molar-refractivity contribution is 6.29. The molecule has 4 nitrogen and oxygen atoms in total. The molecule has 0 heterocycles. The normalized spacial score (nSPS) is 10.9. The van der Waals surface area contributed by atoms with Gasteiger partial charge >= 0.3 is 0 Å². The SMILES string of the molecule is CN(C)c1cc(C#Cc2ccc(N(c3ccccc3)c3ccccc3)cc2)c2ccc3c(C#Cc4ccc(N(c5ccccc5)c5ccccc5)cc4)cc(N(C)C)c4ccc1c2c34. The second-order valence-corrected chi connectivity index (χ2v) is 16.4. The second-order valence-electron chi connectivity index (χ2n) is 16.4. The van der Waals surface area contributed by atoms with Gasteiger partial charge in [0, 0.05) is 117 Å². The van der Waals surface area contributed by atoms with E-state index >= 15 is 0 Å². The molecule has 0 aromatic heterocycles. The highest BCUT2D eigenvalue weighted by Gasteiger charge is 2.20. The van der Waals surface area contributed by atoms with Crippen molar-refractivity contribution < 1.29 is 0 Å². The van der Waals surface area contributed by atoms with Gasteiger partial charge in [-0.3, -0.25) is 0 Å². The van der Waals surface area contributed by atoms with E-state index in [0.717, 1.165) is 78.5 Å². The van der Waals surface area contributed by atoms with Crippen molar-refractivity contribution in [1.82, 2.24) is 0 Å². The Morgan fingerprint density at radius 1 is 0.281 bits per heavy atom. The monoisotopic (exact) mass is 822 g/mol. The van der Waals surface area contributed by atoms with Crippen LogP contribution in [0.4, 0.5) is 45.5 Å². The van der Waals surface area contributed by atoms with Gasteiger partial charge in [-0.15, -0.1) is 0 Å². The summed E-state index contributed by atoms with van der Waals surface area (Å²) in [6, 6.07) is 72.5. The summed E-state index contributed by atoms with van der Waals surface area (Å²) in [5.41, 5.74) is 12.7. The molecule has 0 saturated heterocycles. The number of benzene rings is 10. The number of rotatable bonds is 8. The molecule has 0 atom stereocenters. The Morgan fingerprint density at radius 2 is 0.562 bits per heavy atom. The van der Waals surface area contributed by atoms with Crippen LogP contribution in [0, 0.1) is 23.7 Å². The number of nitrogens with zero attached hydrogens (tertiary/aromatic N) is 4. The predicted octanol–water partition coefficient (Wildman–Crippen LogP) is 14.5. The fourth-order valence-corrected chi connectivity index (χ4v) is 8.77. The van der Waals surface area contributed by atoms with Crippen LogP contribution < -0.4 is 19.6 Å². The van der Waals surface area contributed by atoms with Gasteiger partial charge in [0.05, 0.1) is 0 Å². The Hall–Kier alpha value is -8.44. The van der Waals surface area contributed by atoms with E-state index < -0.39 is 0 Å². The predicted molar refractivity (Wildman–Crippen MR) is 273 cm³/mol. The van der Waals surface area contributed by atoms with Crippen molar-refractivity contribution in [3.63, 3.8) is 0 Å². The van der Waals surface area contributed by atoms with Crippen LogP contribution in [0.3, 0.4) is 0 Å². The van der Waals surface area contributed by atoms with Crippen molar-refractivity contribution in [2.24, 2.45) is 0 Å². The van der Waals surface area contributed by atoms with Gasteiger partial charge in [0.2, 0.25) is 0 Å². The van der Waals surface area contributed by atoms with Crippen LogP contribution in [-0.4, -0.2) is 28.2 Å². The lowest BCUT2D eigenvalue weighted by molar-refractivity contribution is 1.14. The van der Waals surface area contributed by atoms with E-state index in [9.17, 15) is 0 Å². The van der Waals surface area contributed by atoms with E-state index in [0.29, 0.717) is 0 Å². The third kappa shape index (κ3) is 7.60. The maximum absolute atomic E-state index is 3.62. The Balaban J connectivity index is 1.04. The van der Waals surface area contributed by atoms with Crippen molar-refractivity contribution in [3.8, 4) is 23.7 Å². The molecule has 10 aromatic rings. The van der Waals surface area contributed by atoms with E-state index in [1.807, 2.05) is 24.3 Å². The lowest BCUT2D eigenvalue weighted by Crippen LogP contribution is -2.11. The van der Waals surface area contributed by atoms with Gasteiger partial charge in [-0.2, -0.15) is 0 Å². The molecule has 0 spiro atoms. The zero-order valence-corrected chi connectivity index (χ0v) is 36.4. The van der Waals surface area contributed by atoms with Crippen molar-refractivity contribution in [2.45, 2.75) is 0 Å². The number of hydrogen-bond acceptors (Lipinski definition) is 4. The van der Waals surface area contributed by atoms with E-state index in [-0.39, 0.29) is 0 Å². The second kappa shape index (κ2) is 17.1. The first kappa shape index (κ1) is 39.7. The highest BCUT2D eigenvalue weighted by Crippen LogP contribution is 2.44. The summed E-state index contributed by atoms with van der Waals surface area (Å²) in [6.07, 6.45) is 0. The quantitative estimate of drug-likeness (QED) is 0.112. The molecule has 0 unspecified atom stereocenters. The number of para-hydroxylation sites is 4. The van der Waals surface area contributed by atoms with Crippen LogP contribution in [0.1, 0.15) is 22.3 Å². The van der Waals surface area contributed by atoms with Crippen LogP contribution in [0.15, 0.2) is 206 Å². The summed E-state index contributed by atoms with van der Waals surface area (Å²) in [6.45, 7) is 0. The number of hydrogen-bond donors (Lipinski definition) is 0. The molecule has 306 valence electrons. The molecule has 10 aromatic carbocycles. The van der Waals surface area contributed by atoms with Crippen molar-refractivity contribution >= 4 is 77.8 Å². The van der Waals surface area contributed by atoms with Crippen molar-refractivity contribution in [1.29, 1.82) is 0 Å². The average molecular weight is 823 g/mol. The van der Waals surface area contributed by atoms with Gasteiger partial charge in [-0.25, -0.2) is 0 Å². The highest BCUT2D eigenvalue weighted by atomic mass is 15.1. The maximum atomic E-state index is 3.62. The lowest BCUT2D eigenvalue weighted by Gasteiger charge is -2.25. The molecule has 0 amide bonds. The van der Waals surface area contributed by atoms with E-state index in [2.05, 4.69) is 253 Å². The Bertz CT molecular complexity index is 3050. The Labute approximate surface area is 376 Å².